The van der Waals surface area contributed by atoms with Crippen LogP contribution in [0.15, 0.2) is 48.5 Å². The standard InChI is InChI=1S/C26H31FN2O4/c27-21-5-7-22(8-6-21)33-23-17-26(32-19-23)9-11-29(12-10-26)25(30)24-4-2-1-3-20(24)18-28-13-15-31-16-14-28/h1-8,23H,9-19H2. The minimum absolute atomic E-state index is 0.0491. The van der Waals surface area contributed by atoms with Crippen molar-refractivity contribution in [2.75, 3.05) is 46.0 Å². The fourth-order valence-electron chi connectivity index (χ4n) is 5.09. The quantitative estimate of drug-likeness (QED) is 0.692. The van der Waals surface area contributed by atoms with Gasteiger partial charge in [-0.3, -0.25) is 9.69 Å². The molecule has 2 aromatic carbocycles. The van der Waals surface area contributed by atoms with E-state index in [0.29, 0.717) is 25.4 Å². The molecule has 7 heteroatoms. The van der Waals surface area contributed by atoms with Crippen LogP contribution in [0, 0.1) is 5.82 Å². The molecular formula is C26H31FN2O4. The van der Waals surface area contributed by atoms with E-state index in [9.17, 15) is 9.18 Å². The highest BCUT2D eigenvalue weighted by Gasteiger charge is 2.44. The molecule has 3 fully saturated rings. The molecule has 1 amide bonds. The summed E-state index contributed by atoms with van der Waals surface area (Å²) < 4.78 is 30.8. The summed E-state index contributed by atoms with van der Waals surface area (Å²) in [4.78, 5) is 17.7. The lowest BCUT2D eigenvalue weighted by atomic mass is 9.87. The average Bonchev–Trinajstić information content (AvgIpc) is 3.23. The maximum atomic E-state index is 13.4. The minimum atomic E-state index is -0.273. The largest absolute Gasteiger partial charge is 0.488 e. The zero-order valence-corrected chi connectivity index (χ0v) is 18.9. The molecule has 5 rings (SSSR count). The Hall–Kier alpha value is -2.48. The number of benzene rings is 2. The summed E-state index contributed by atoms with van der Waals surface area (Å²) in [6.07, 6.45) is 2.34. The van der Waals surface area contributed by atoms with Gasteiger partial charge in [0.15, 0.2) is 0 Å². The van der Waals surface area contributed by atoms with Crippen molar-refractivity contribution >= 4 is 5.91 Å². The van der Waals surface area contributed by atoms with Crippen LogP contribution in [0.3, 0.4) is 0 Å². The molecule has 1 unspecified atom stereocenters. The SMILES string of the molecule is O=C(c1ccccc1CN1CCOCC1)N1CCC2(CC1)CC(Oc1ccc(F)cc1)CO2. The van der Waals surface area contributed by atoms with Crippen LogP contribution < -0.4 is 4.74 Å². The summed E-state index contributed by atoms with van der Waals surface area (Å²) in [5.74, 6) is 0.488. The third-order valence-electron chi connectivity index (χ3n) is 7.00. The van der Waals surface area contributed by atoms with Gasteiger partial charge in [0.1, 0.15) is 17.7 Å². The Morgan fingerprint density at radius 3 is 2.52 bits per heavy atom. The third kappa shape index (κ3) is 5.21. The number of rotatable bonds is 5. The average molecular weight is 455 g/mol. The Labute approximate surface area is 194 Å². The predicted molar refractivity (Wildman–Crippen MR) is 122 cm³/mol. The van der Waals surface area contributed by atoms with Gasteiger partial charge >= 0.3 is 0 Å². The second kappa shape index (κ2) is 9.79. The van der Waals surface area contributed by atoms with Crippen LogP contribution in [0.4, 0.5) is 4.39 Å². The number of halogens is 1. The predicted octanol–water partition coefficient (Wildman–Crippen LogP) is 3.50. The van der Waals surface area contributed by atoms with E-state index in [4.69, 9.17) is 14.2 Å². The van der Waals surface area contributed by atoms with Crippen molar-refractivity contribution in [1.29, 1.82) is 0 Å². The fraction of sp³-hybridized carbons (Fsp3) is 0.500. The topological polar surface area (TPSA) is 51.2 Å². The first-order chi connectivity index (χ1) is 16.1. The number of amides is 1. The number of likely N-dealkylation sites (tertiary alicyclic amines) is 1. The van der Waals surface area contributed by atoms with Gasteiger partial charge in [-0.2, -0.15) is 0 Å². The summed E-state index contributed by atoms with van der Waals surface area (Å²) in [6.45, 7) is 5.93. The molecule has 3 saturated heterocycles. The van der Waals surface area contributed by atoms with Crippen molar-refractivity contribution in [2.24, 2.45) is 0 Å². The lowest BCUT2D eigenvalue weighted by Gasteiger charge is -2.39. The molecule has 176 valence electrons. The number of carbonyl (C=O) groups excluding carboxylic acids is 1. The summed E-state index contributed by atoms with van der Waals surface area (Å²) in [5.41, 5.74) is 1.63. The number of hydrogen-bond donors (Lipinski definition) is 0. The molecule has 0 N–H and O–H groups in total. The van der Waals surface area contributed by atoms with Crippen molar-refractivity contribution in [3.8, 4) is 5.75 Å². The molecule has 0 bridgehead atoms. The van der Waals surface area contributed by atoms with Crippen molar-refractivity contribution in [2.45, 2.75) is 37.5 Å². The summed E-state index contributed by atoms with van der Waals surface area (Å²) >= 11 is 0. The Morgan fingerprint density at radius 2 is 1.76 bits per heavy atom. The van der Waals surface area contributed by atoms with Gasteiger partial charge in [-0.05, 0) is 48.7 Å². The smallest absolute Gasteiger partial charge is 0.254 e. The molecule has 0 radical (unpaired) electrons. The molecule has 1 spiro atoms. The second-order valence-corrected chi connectivity index (χ2v) is 9.23. The number of ether oxygens (including phenoxy) is 3. The zero-order valence-electron chi connectivity index (χ0n) is 18.9. The van der Waals surface area contributed by atoms with Crippen molar-refractivity contribution < 1.29 is 23.4 Å². The minimum Gasteiger partial charge on any atom is -0.488 e. The van der Waals surface area contributed by atoms with Gasteiger partial charge in [0.2, 0.25) is 0 Å². The number of carbonyl (C=O) groups is 1. The van der Waals surface area contributed by atoms with Gasteiger partial charge in [0.05, 0.1) is 25.4 Å². The van der Waals surface area contributed by atoms with Gasteiger partial charge < -0.3 is 19.1 Å². The lowest BCUT2D eigenvalue weighted by Crippen LogP contribution is -2.47. The monoisotopic (exact) mass is 454 g/mol. The lowest BCUT2D eigenvalue weighted by molar-refractivity contribution is -0.0396. The highest BCUT2D eigenvalue weighted by Crippen LogP contribution is 2.37. The molecular weight excluding hydrogens is 423 g/mol. The van der Waals surface area contributed by atoms with Crippen molar-refractivity contribution in [3.63, 3.8) is 0 Å². The van der Waals surface area contributed by atoms with Crippen LogP contribution in [0.2, 0.25) is 0 Å². The van der Waals surface area contributed by atoms with Gasteiger partial charge in [-0.1, -0.05) is 18.2 Å². The Kier molecular flexibility index (Phi) is 6.62. The van der Waals surface area contributed by atoms with Crippen LogP contribution >= 0.6 is 0 Å². The van der Waals surface area contributed by atoms with E-state index in [1.807, 2.05) is 23.1 Å². The summed E-state index contributed by atoms with van der Waals surface area (Å²) in [7, 11) is 0. The van der Waals surface area contributed by atoms with Crippen molar-refractivity contribution in [1.82, 2.24) is 9.80 Å². The molecule has 33 heavy (non-hydrogen) atoms. The zero-order chi connectivity index (χ0) is 22.7. The third-order valence-corrected chi connectivity index (χ3v) is 7.00. The van der Waals surface area contributed by atoms with E-state index in [1.54, 1.807) is 12.1 Å². The van der Waals surface area contributed by atoms with E-state index in [1.165, 1.54) is 12.1 Å². The van der Waals surface area contributed by atoms with Gasteiger partial charge in [0.25, 0.3) is 5.91 Å². The summed E-state index contributed by atoms with van der Waals surface area (Å²) in [5, 5.41) is 0. The first-order valence-corrected chi connectivity index (χ1v) is 11.8. The van der Waals surface area contributed by atoms with E-state index < -0.39 is 0 Å². The van der Waals surface area contributed by atoms with Crippen LogP contribution in [-0.4, -0.2) is 73.4 Å². The Morgan fingerprint density at radius 1 is 1.03 bits per heavy atom. The highest BCUT2D eigenvalue weighted by molar-refractivity contribution is 5.95. The van der Waals surface area contributed by atoms with E-state index >= 15 is 0 Å². The first kappa shape index (κ1) is 22.3. The second-order valence-electron chi connectivity index (χ2n) is 9.23. The number of morpholine rings is 1. The maximum absolute atomic E-state index is 13.4. The van der Waals surface area contributed by atoms with Gasteiger partial charge in [-0.15, -0.1) is 0 Å². The van der Waals surface area contributed by atoms with Crippen LogP contribution in [-0.2, 0) is 16.0 Å². The normalized spacial score (nSPS) is 23.1. The fourth-order valence-corrected chi connectivity index (χ4v) is 5.09. The molecule has 0 aliphatic carbocycles. The molecule has 3 aliphatic rings. The highest BCUT2D eigenvalue weighted by atomic mass is 19.1. The van der Waals surface area contributed by atoms with E-state index in [0.717, 1.165) is 63.2 Å². The first-order valence-electron chi connectivity index (χ1n) is 11.8. The van der Waals surface area contributed by atoms with Crippen LogP contribution in [0.25, 0.3) is 0 Å². The van der Waals surface area contributed by atoms with Crippen LogP contribution in [0.5, 0.6) is 5.75 Å². The maximum Gasteiger partial charge on any atom is 0.254 e. The number of piperidine rings is 1. The number of hydrogen-bond acceptors (Lipinski definition) is 5. The molecule has 3 aliphatic heterocycles. The molecule has 1 atom stereocenters. The van der Waals surface area contributed by atoms with E-state index in [2.05, 4.69) is 11.0 Å². The molecule has 3 heterocycles. The Balaban J connectivity index is 1.17. The molecule has 2 aromatic rings. The van der Waals surface area contributed by atoms with Gasteiger partial charge in [0, 0.05) is 44.7 Å². The molecule has 6 nitrogen and oxygen atoms in total. The van der Waals surface area contributed by atoms with Crippen LogP contribution in [0.1, 0.15) is 35.2 Å². The number of nitrogens with zero attached hydrogens (tertiary/aromatic N) is 2. The van der Waals surface area contributed by atoms with Gasteiger partial charge in [-0.25, -0.2) is 4.39 Å². The molecule has 0 aromatic heterocycles. The van der Waals surface area contributed by atoms with E-state index in [-0.39, 0.29) is 23.4 Å². The van der Waals surface area contributed by atoms with Crippen molar-refractivity contribution in [3.05, 3.63) is 65.5 Å². The summed E-state index contributed by atoms with van der Waals surface area (Å²) in [6, 6.07) is 14.1. The Bertz CT molecular complexity index is 953. The molecule has 0 saturated carbocycles.